The van der Waals surface area contributed by atoms with Crippen molar-refractivity contribution in [3.05, 3.63) is 35.9 Å². The molecule has 2 fully saturated rings. The molecule has 150 valence electrons. The van der Waals surface area contributed by atoms with E-state index in [9.17, 15) is 21.6 Å². The highest BCUT2D eigenvalue weighted by Gasteiger charge is 2.42. The quantitative estimate of drug-likeness (QED) is 0.720. The van der Waals surface area contributed by atoms with Crippen LogP contribution < -0.4 is 0 Å². The van der Waals surface area contributed by atoms with Gasteiger partial charge in [0.25, 0.3) is 0 Å². The number of benzene rings is 1. The Morgan fingerprint density at radius 2 is 1.67 bits per heavy atom. The molecular weight excluding hydrogens is 388 g/mol. The van der Waals surface area contributed by atoms with Crippen LogP contribution in [0.1, 0.15) is 25.8 Å². The number of nitrogens with zero attached hydrogens (tertiary/aromatic N) is 2. The summed E-state index contributed by atoms with van der Waals surface area (Å²) in [6.07, 6.45) is 0.158. The lowest BCUT2D eigenvalue weighted by atomic mass is 9.83. The minimum absolute atomic E-state index is 0.0332. The van der Waals surface area contributed by atoms with Gasteiger partial charge in [0.2, 0.25) is 15.9 Å². The SMILES string of the molecule is CC(C)(C(=O)N1CCN(S(=O)(=O)C2CCS(=O)(=O)C2)CC1)c1ccccc1. The third-order valence-corrected chi connectivity index (χ3v) is 9.84. The van der Waals surface area contributed by atoms with E-state index >= 15 is 0 Å². The average molecular weight is 415 g/mol. The summed E-state index contributed by atoms with van der Waals surface area (Å²) in [6, 6.07) is 9.52. The fraction of sp³-hybridized carbons (Fsp3) is 0.611. The molecule has 27 heavy (non-hydrogen) atoms. The molecule has 0 spiro atoms. The molecule has 1 unspecified atom stereocenters. The molecule has 3 rings (SSSR count). The lowest BCUT2D eigenvalue weighted by Gasteiger charge is -2.38. The van der Waals surface area contributed by atoms with Gasteiger partial charge in [-0.05, 0) is 25.8 Å². The highest BCUT2D eigenvalue weighted by atomic mass is 32.2. The molecule has 1 amide bonds. The third kappa shape index (κ3) is 4.05. The number of hydrogen-bond acceptors (Lipinski definition) is 5. The van der Waals surface area contributed by atoms with Gasteiger partial charge in [-0.3, -0.25) is 4.79 Å². The lowest BCUT2D eigenvalue weighted by Crippen LogP contribution is -2.55. The molecule has 0 bridgehead atoms. The number of carbonyl (C=O) groups excluding carboxylic acids is 1. The summed E-state index contributed by atoms with van der Waals surface area (Å²) < 4.78 is 50.0. The van der Waals surface area contributed by atoms with Crippen LogP contribution in [-0.2, 0) is 30.1 Å². The van der Waals surface area contributed by atoms with Gasteiger partial charge in [0, 0.05) is 26.2 Å². The third-order valence-electron chi connectivity index (χ3n) is 5.53. The molecule has 0 N–H and O–H groups in total. The van der Waals surface area contributed by atoms with E-state index in [-0.39, 0.29) is 36.9 Å². The van der Waals surface area contributed by atoms with Gasteiger partial charge in [0.05, 0.1) is 22.2 Å². The van der Waals surface area contributed by atoms with Gasteiger partial charge in [0.1, 0.15) is 0 Å². The van der Waals surface area contributed by atoms with E-state index in [0.29, 0.717) is 13.1 Å². The number of piperazine rings is 1. The molecule has 1 aromatic rings. The van der Waals surface area contributed by atoms with Crippen molar-refractivity contribution in [2.75, 3.05) is 37.7 Å². The molecule has 1 aromatic carbocycles. The van der Waals surface area contributed by atoms with Crippen molar-refractivity contribution >= 4 is 25.8 Å². The topological polar surface area (TPSA) is 91.8 Å². The highest BCUT2D eigenvalue weighted by Crippen LogP contribution is 2.27. The van der Waals surface area contributed by atoms with Crippen molar-refractivity contribution in [2.45, 2.75) is 30.9 Å². The van der Waals surface area contributed by atoms with Crippen molar-refractivity contribution in [1.82, 2.24) is 9.21 Å². The predicted molar refractivity (Wildman–Crippen MR) is 104 cm³/mol. The maximum Gasteiger partial charge on any atom is 0.232 e. The van der Waals surface area contributed by atoms with Crippen LogP contribution >= 0.6 is 0 Å². The summed E-state index contributed by atoms with van der Waals surface area (Å²) in [7, 11) is -6.92. The Hall–Kier alpha value is -1.45. The van der Waals surface area contributed by atoms with Crippen LogP contribution in [0.4, 0.5) is 0 Å². The second kappa shape index (κ2) is 7.18. The Morgan fingerprint density at radius 3 is 2.19 bits per heavy atom. The summed E-state index contributed by atoms with van der Waals surface area (Å²) in [5.74, 6) is -0.398. The van der Waals surface area contributed by atoms with Gasteiger partial charge in [-0.15, -0.1) is 0 Å². The molecule has 1 atom stereocenters. The number of hydrogen-bond donors (Lipinski definition) is 0. The minimum Gasteiger partial charge on any atom is -0.339 e. The zero-order valence-electron chi connectivity index (χ0n) is 15.7. The minimum atomic E-state index is -3.65. The van der Waals surface area contributed by atoms with E-state index in [1.54, 1.807) is 4.90 Å². The van der Waals surface area contributed by atoms with E-state index in [4.69, 9.17) is 0 Å². The molecule has 7 nitrogen and oxygen atoms in total. The van der Waals surface area contributed by atoms with Crippen LogP contribution in [0.5, 0.6) is 0 Å². The molecule has 9 heteroatoms. The number of rotatable bonds is 4. The van der Waals surface area contributed by atoms with Crippen LogP contribution in [0, 0.1) is 0 Å². The normalized spacial score (nSPS) is 24.1. The maximum atomic E-state index is 13.0. The summed E-state index contributed by atoms with van der Waals surface area (Å²) in [6.45, 7) is 4.78. The van der Waals surface area contributed by atoms with Crippen molar-refractivity contribution in [3.8, 4) is 0 Å². The van der Waals surface area contributed by atoms with Crippen molar-refractivity contribution in [1.29, 1.82) is 0 Å². The van der Waals surface area contributed by atoms with Crippen molar-refractivity contribution in [3.63, 3.8) is 0 Å². The van der Waals surface area contributed by atoms with Gasteiger partial charge < -0.3 is 4.90 Å². The zero-order chi connectivity index (χ0) is 19.9. The molecular formula is C18H26N2O5S2. The van der Waals surface area contributed by atoms with E-state index < -0.39 is 30.5 Å². The Kier molecular flexibility index (Phi) is 5.39. The largest absolute Gasteiger partial charge is 0.339 e. The first-order valence-corrected chi connectivity index (χ1v) is 12.4. The zero-order valence-corrected chi connectivity index (χ0v) is 17.3. The number of sulfone groups is 1. The highest BCUT2D eigenvalue weighted by molar-refractivity contribution is 7.95. The van der Waals surface area contributed by atoms with Crippen molar-refractivity contribution in [2.24, 2.45) is 0 Å². The van der Waals surface area contributed by atoms with E-state index in [1.807, 2.05) is 44.2 Å². The standard InChI is InChI=1S/C18H26N2O5S2/c1-18(2,15-6-4-3-5-7-15)17(21)19-9-11-20(12-10-19)27(24,25)16-8-13-26(22,23)14-16/h3-7,16H,8-14H2,1-2H3. The van der Waals surface area contributed by atoms with Crippen LogP contribution in [-0.4, -0.2) is 74.9 Å². The number of amides is 1. The van der Waals surface area contributed by atoms with Crippen LogP contribution in [0.2, 0.25) is 0 Å². The fourth-order valence-corrected chi connectivity index (χ4v) is 8.24. The van der Waals surface area contributed by atoms with Gasteiger partial charge >= 0.3 is 0 Å². The van der Waals surface area contributed by atoms with Gasteiger partial charge in [-0.1, -0.05) is 30.3 Å². The van der Waals surface area contributed by atoms with Gasteiger partial charge in [0.15, 0.2) is 9.84 Å². The van der Waals surface area contributed by atoms with E-state index in [0.717, 1.165) is 5.56 Å². The second-order valence-corrected chi connectivity index (χ2v) is 12.2. The fourth-order valence-electron chi connectivity index (χ4n) is 3.73. The maximum absolute atomic E-state index is 13.0. The molecule has 2 aliphatic rings. The van der Waals surface area contributed by atoms with Gasteiger partial charge in [-0.25, -0.2) is 16.8 Å². The summed E-state index contributed by atoms with van der Waals surface area (Å²) in [4.78, 5) is 14.7. The average Bonchev–Trinajstić information content (AvgIpc) is 3.02. The summed E-state index contributed by atoms with van der Waals surface area (Å²) >= 11 is 0. The predicted octanol–water partition coefficient (Wildman–Crippen LogP) is 0.625. The van der Waals surface area contributed by atoms with E-state index in [1.165, 1.54) is 4.31 Å². The van der Waals surface area contributed by atoms with Crippen LogP contribution in [0.3, 0.4) is 0 Å². The Bertz CT molecular complexity index is 902. The first-order chi connectivity index (χ1) is 12.5. The molecule has 0 aliphatic carbocycles. The molecule has 2 heterocycles. The first kappa shape index (κ1) is 20.3. The summed E-state index contributed by atoms with van der Waals surface area (Å²) in [5.41, 5.74) is 0.225. The van der Waals surface area contributed by atoms with Crippen LogP contribution in [0.15, 0.2) is 30.3 Å². The van der Waals surface area contributed by atoms with Crippen molar-refractivity contribution < 1.29 is 21.6 Å². The monoisotopic (exact) mass is 414 g/mol. The summed E-state index contributed by atoms with van der Waals surface area (Å²) in [5, 5.41) is -0.856. The Balaban J connectivity index is 1.66. The molecule has 2 aliphatic heterocycles. The molecule has 0 radical (unpaired) electrons. The molecule has 2 saturated heterocycles. The van der Waals surface area contributed by atoms with Crippen LogP contribution in [0.25, 0.3) is 0 Å². The Labute approximate surface area is 161 Å². The molecule has 0 saturated carbocycles. The second-order valence-electron chi connectivity index (χ2n) is 7.75. The number of sulfonamides is 1. The number of carbonyl (C=O) groups is 1. The van der Waals surface area contributed by atoms with E-state index in [2.05, 4.69) is 0 Å². The smallest absolute Gasteiger partial charge is 0.232 e. The lowest BCUT2D eigenvalue weighted by molar-refractivity contribution is -0.137. The Morgan fingerprint density at radius 1 is 1.07 bits per heavy atom. The first-order valence-electron chi connectivity index (χ1n) is 9.08. The van der Waals surface area contributed by atoms with Gasteiger partial charge in [-0.2, -0.15) is 4.31 Å². The molecule has 0 aromatic heterocycles.